The van der Waals surface area contributed by atoms with Gasteiger partial charge in [0.25, 0.3) is 0 Å². The third kappa shape index (κ3) is 4.62. The molecule has 0 aromatic heterocycles. The highest BCUT2D eigenvalue weighted by Crippen LogP contribution is 2.06. The van der Waals surface area contributed by atoms with E-state index in [9.17, 15) is 9.59 Å². The summed E-state index contributed by atoms with van der Waals surface area (Å²) in [5, 5.41) is 8.75. The summed E-state index contributed by atoms with van der Waals surface area (Å²) in [5.74, 6) is -0.827. The third-order valence-electron chi connectivity index (χ3n) is 3.18. The second kappa shape index (κ2) is 7.33. The Balaban J connectivity index is 2.46. The van der Waals surface area contributed by atoms with Crippen LogP contribution in [-0.4, -0.2) is 65.5 Å². The first-order valence-corrected chi connectivity index (χ1v) is 6.53. The largest absolute Gasteiger partial charge is 0.480 e. The van der Waals surface area contributed by atoms with Crippen LogP contribution in [0.2, 0.25) is 0 Å². The summed E-state index contributed by atoms with van der Waals surface area (Å²) in [4.78, 5) is 26.3. The first-order chi connectivity index (χ1) is 8.54. The predicted octanol–water partition coefficient (Wildman–Crippen LogP) is -0.267. The molecule has 18 heavy (non-hydrogen) atoms. The molecular formula is C12H23N3O3. The number of aliphatic carboxylic acids is 1. The molecule has 6 heteroatoms. The van der Waals surface area contributed by atoms with Crippen LogP contribution in [0.3, 0.4) is 0 Å². The summed E-state index contributed by atoms with van der Waals surface area (Å²) >= 11 is 0. The summed E-state index contributed by atoms with van der Waals surface area (Å²) in [6, 6.07) is -0.416. The molecule has 1 heterocycles. The van der Waals surface area contributed by atoms with Crippen molar-refractivity contribution < 1.29 is 14.7 Å². The lowest BCUT2D eigenvalue weighted by Gasteiger charge is -2.24. The van der Waals surface area contributed by atoms with Gasteiger partial charge in [-0.15, -0.1) is 0 Å². The molecule has 104 valence electrons. The molecule has 0 aliphatic carbocycles. The molecule has 1 unspecified atom stereocenters. The van der Waals surface area contributed by atoms with E-state index in [1.807, 2.05) is 11.8 Å². The van der Waals surface area contributed by atoms with Gasteiger partial charge in [-0.3, -0.25) is 14.5 Å². The Morgan fingerprint density at radius 1 is 1.28 bits per heavy atom. The van der Waals surface area contributed by atoms with Gasteiger partial charge in [0.05, 0.1) is 12.6 Å². The van der Waals surface area contributed by atoms with Gasteiger partial charge >= 0.3 is 5.97 Å². The van der Waals surface area contributed by atoms with Gasteiger partial charge in [-0.1, -0.05) is 13.3 Å². The Morgan fingerprint density at radius 2 is 2.00 bits per heavy atom. The van der Waals surface area contributed by atoms with E-state index >= 15 is 0 Å². The van der Waals surface area contributed by atoms with Gasteiger partial charge < -0.3 is 15.7 Å². The quantitative estimate of drug-likeness (QED) is 0.708. The zero-order valence-electron chi connectivity index (χ0n) is 11.0. The summed E-state index contributed by atoms with van der Waals surface area (Å²) < 4.78 is 0. The molecule has 0 saturated carbocycles. The zero-order valence-corrected chi connectivity index (χ0v) is 11.0. The van der Waals surface area contributed by atoms with E-state index in [2.05, 4.69) is 0 Å². The highest BCUT2D eigenvalue weighted by atomic mass is 16.4. The Morgan fingerprint density at radius 3 is 2.61 bits per heavy atom. The van der Waals surface area contributed by atoms with Crippen molar-refractivity contribution in [1.82, 2.24) is 9.80 Å². The highest BCUT2D eigenvalue weighted by Gasteiger charge is 2.23. The topological polar surface area (TPSA) is 86.9 Å². The molecule has 3 N–H and O–H groups in total. The maximum Gasteiger partial charge on any atom is 0.317 e. The number of carboxylic acid groups (broad SMARTS) is 1. The Bertz CT molecular complexity index is 296. The molecule has 0 spiro atoms. The van der Waals surface area contributed by atoms with Crippen LogP contribution in [0.25, 0.3) is 0 Å². The molecule has 1 aliphatic heterocycles. The number of hydrogen-bond acceptors (Lipinski definition) is 4. The van der Waals surface area contributed by atoms with E-state index in [4.69, 9.17) is 10.8 Å². The number of carboxylic acids is 1. The molecule has 1 saturated heterocycles. The monoisotopic (exact) mass is 257 g/mol. The highest BCUT2D eigenvalue weighted by molar-refractivity contribution is 5.81. The molecule has 0 bridgehead atoms. The third-order valence-corrected chi connectivity index (χ3v) is 3.18. The number of hydrogen-bond donors (Lipinski definition) is 2. The molecule has 1 fully saturated rings. The van der Waals surface area contributed by atoms with Crippen LogP contribution in [0.5, 0.6) is 0 Å². The molecule has 0 aromatic rings. The lowest BCUT2D eigenvalue weighted by atomic mass is 10.1. The van der Waals surface area contributed by atoms with Crippen LogP contribution in [0, 0.1) is 0 Å². The molecule has 1 atom stereocenters. The summed E-state index contributed by atoms with van der Waals surface area (Å²) in [7, 11) is 0. The van der Waals surface area contributed by atoms with Gasteiger partial charge in [-0.2, -0.15) is 0 Å². The lowest BCUT2D eigenvalue weighted by Crippen LogP contribution is -2.45. The van der Waals surface area contributed by atoms with Gasteiger partial charge in [-0.25, -0.2) is 0 Å². The fourth-order valence-corrected chi connectivity index (χ4v) is 2.21. The molecule has 0 radical (unpaired) electrons. The van der Waals surface area contributed by atoms with E-state index in [1.54, 1.807) is 4.90 Å². The van der Waals surface area contributed by atoms with Crippen LogP contribution in [0.15, 0.2) is 0 Å². The second-order valence-electron chi connectivity index (χ2n) is 4.74. The van der Waals surface area contributed by atoms with Crippen LogP contribution in [-0.2, 0) is 9.59 Å². The smallest absolute Gasteiger partial charge is 0.317 e. The van der Waals surface area contributed by atoms with Crippen molar-refractivity contribution in [2.45, 2.75) is 32.2 Å². The molecule has 0 aromatic carbocycles. The van der Waals surface area contributed by atoms with E-state index in [0.717, 1.165) is 19.4 Å². The summed E-state index contributed by atoms with van der Waals surface area (Å²) in [6.45, 7) is 4.62. The molecule has 1 aliphatic rings. The van der Waals surface area contributed by atoms with E-state index in [0.29, 0.717) is 26.1 Å². The number of carbonyl (C=O) groups excluding carboxylic acids is 1. The van der Waals surface area contributed by atoms with Crippen LogP contribution >= 0.6 is 0 Å². The Labute approximate surface area is 108 Å². The van der Waals surface area contributed by atoms with E-state index in [1.165, 1.54) is 0 Å². The van der Waals surface area contributed by atoms with Crippen LogP contribution in [0.4, 0.5) is 0 Å². The number of carbonyl (C=O) groups is 2. The van der Waals surface area contributed by atoms with Gasteiger partial charge in [0, 0.05) is 26.2 Å². The molecule has 6 nitrogen and oxygen atoms in total. The molecular weight excluding hydrogens is 234 g/mol. The fraction of sp³-hybridized carbons (Fsp3) is 0.833. The van der Waals surface area contributed by atoms with Gasteiger partial charge in [0.2, 0.25) is 5.91 Å². The van der Waals surface area contributed by atoms with Crippen molar-refractivity contribution in [2.24, 2.45) is 5.73 Å². The van der Waals surface area contributed by atoms with Crippen molar-refractivity contribution in [1.29, 1.82) is 0 Å². The fourth-order valence-electron chi connectivity index (χ4n) is 2.21. The first kappa shape index (κ1) is 14.9. The maximum absolute atomic E-state index is 12.0. The maximum atomic E-state index is 12.0. The standard InChI is InChI=1S/C12H23N3O3/c1-2-4-10(13)12(18)15-6-3-5-14(7-8-15)9-11(16)17/h10H,2-9,13H2,1H3,(H,16,17). The SMILES string of the molecule is CCCC(N)C(=O)N1CCCN(CC(=O)O)CC1. The zero-order chi connectivity index (χ0) is 13.5. The Kier molecular flexibility index (Phi) is 6.07. The minimum absolute atomic E-state index is 0.00553. The van der Waals surface area contributed by atoms with Gasteiger partial charge in [-0.05, 0) is 12.8 Å². The molecule has 1 amide bonds. The number of nitrogens with zero attached hydrogens (tertiary/aromatic N) is 2. The number of nitrogens with two attached hydrogens (primary N) is 1. The van der Waals surface area contributed by atoms with E-state index < -0.39 is 12.0 Å². The van der Waals surface area contributed by atoms with Crippen LogP contribution < -0.4 is 5.73 Å². The second-order valence-corrected chi connectivity index (χ2v) is 4.74. The first-order valence-electron chi connectivity index (χ1n) is 6.53. The van der Waals surface area contributed by atoms with Gasteiger partial charge in [0.1, 0.15) is 0 Å². The van der Waals surface area contributed by atoms with Crippen LogP contribution in [0.1, 0.15) is 26.2 Å². The van der Waals surface area contributed by atoms with Crippen molar-refractivity contribution >= 4 is 11.9 Å². The minimum atomic E-state index is -0.822. The summed E-state index contributed by atoms with van der Waals surface area (Å²) in [5.41, 5.74) is 5.83. The average molecular weight is 257 g/mol. The number of rotatable bonds is 5. The number of amides is 1. The normalized spacial score (nSPS) is 19.3. The van der Waals surface area contributed by atoms with E-state index in [-0.39, 0.29) is 12.5 Å². The Hall–Kier alpha value is -1.14. The van der Waals surface area contributed by atoms with Crippen molar-refractivity contribution in [3.63, 3.8) is 0 Å². The predicted molar refractivity (Wildman–Crippen MR) is 68.2 cm³/mol. The van der Waals surface area contributed by atoms with Crippen molar-refractivity contribution in [3.05, 3.63) is 0 Å². The summed E-state index contributed by atoms with van der Waals surface area (Å²) in [6.07, 6.45) is 2.40. The van der Waals surface area contributed by atoms with Crippen molar-refractivity contribution in [3.8, 4) is 0 Å². The van der Waals surface area contributed by atoms with Crippen molar-refractivity contribution in [2.75, 3.05) is 32.7 Å². The molecule has 1 rings (SSSR count). The van der Waals surface area contributed by atoms with Gasteiger partial charge in [0.15, 0.2) is 0 Å². The minimum Gasteiger partial charge on any atom is -0.480 e. The lowest BCUT2D eigenvalue weighted by molar-refractivity contribution is -0.138. The average Bonchev–Trinajstić information content (AvgIpc) is 2.53.